The number of thioether (sulfide) groups is 1. The molecule has 21 heavy (non-hydrogen) atoms. The molecule has 0 unspecified atom stereocenters. The number of amides is 1. The Bertz CT molecular complexity index is 649. The Morgan fingerprint density at radius 1 is 1.10 bits per heavy atom. The van der Waals surface area contributed by atoms with Gasteiger partial charge in [0.2, 0.25) is 5.91 Å². The molecule has 2 rings (SSSR count). The lowest BCUT2D eigenvalue weighted by atomic mass is 10.1. The van der Waals surface area contributed by atoms with Crippen LogP contribution in [0.25, 0.3) is 0 Å². The first-order valence-corrected chi connectivity index (χ1v) is 7.98. The van der Waals surface area contributed by atoms with Gasteiger partial charge in [-0.25, -0.2) is 5.84 Å². The van der Waals surface area contributed by atoms with Gasteiger partial charge >= 0.3 is 0 Å². The summed E-state index contributed by atoms with van der Waals surface area (Å²) in [4.78, 5) is 12.4. The maximum atomic E-state index is 11.4. The van der Waals surface area contributed by atoms with E-state index in [1.165, 1.54) is 0 Å². The van der Waals surface area contributed by atoms with E-state index in [1.807, 2.05) is 36.4 Å². The second-order valence-electron chi connectivity index (χ2n) is 4.38. The van der Waals surface area contributed by atoms with Crippen LogP contribution in [-0.4, -0.2) is 5.91 Å². The van der Waals surface area contributed by atoms with Gasteiger partial charge in [-0.3, -0.25) is 10.2 Å². The van der Waals surface area contributed by atoms with Crippen molar-refractivity contribution in [1.29, 1.82) is 0 Å². The van der Waals surface area contributed by atoms with Crippen molar-refractivity contribution in [2.45, 2.75) is 17.1 Å². The van der Waals surface area contributed by atoms with Crippen molar-refractivity contribution in [1.82, 2.24) is 5.43 Å². The minimum Gasteiger partial charge on any atom is -0.294 e. The average molecular weight is 341 g/mol. The number of carbonyl (C=O) groups excluding carboxylic acids is 1. The van der Waals surface area contributed by atoms with E-state index in [1.54, 1.807) is 17.8 Å². The molecule has 0 aromatic heterocycles. The molecule has 0 aliphatic carbocycles. The van der Waals surface area contributed by atoms with Crippen molar-refractivity contribution >= 4 is 40.9 Å². The number of hydrazine groups is 1. The van der Waals surface area contributed by atoms with Crippen molar-refractivity contribution < 1.29 is 4.79 Å². The van der Waals surface area contributed by atoms with Crippen LogP contribution in [0.1, 0.15) is 11.1 Å². The molecular formula is C15H14Cl2N2OS. The Morgan fingerprint density at radius 2 is 1.81 bits per heavy atom. The highest BCUT2D eigenvalue weighted by molar-refractivity contribution is 7.98. The van der Waals surface area contributed by atoms with Gasteiger partial charge in [-0.05, 0) is 29.3 Å². The molecule has 6 heteroatoms. The fourth-order valence-electron chi connectivity index (χ4n) is 1.82. The Morgan fingerprint density at radius 3 is 2.48 bits per heavy atom. The van der Waals surface area contributed by atoms with Crippen LogP contribution in [0.15, 0.2) is 47.4 Å². The number of hydrogen-bond donors (Lipinski definition) is 2. The van der Waals surface area contributed by atoms with Gasteiger partial charge < -0.3 is 0 Å². The summed E-state index contributed by atoms with van der Waals surface area (Å²) in [5.74, 6) is 5.67. The zero-order chi connectivity index (χ0) is 15.2. The van der Waals surface area contributed by atoms with Crippen LogP contribution >= 0.6 is 35.0 Å². The molecule has 0 saturated carbocycles. The van der Waals surface area contributed by atoms with Crippen LogP contribution in [-0.2, 0) is 17.0 Å². The zero-order valence-corrected chi connectivity index (χ0v) is 13.4. The normalized spacial score (nSPS) is 10.4. The van der Waals surface area contributed by atoms with Crippen LogP contribution in [0.5, 0.6) is 0 Å². The molecule has 0 aliphatic heterocycles. The molecular weight excluding hydrogens is 327 g/mol. The Labute approximate surface area is 137 Å². The number of carbonyl (C=O) groups is 1. The maximum Gasteiger partial charge on any atom is 0.238 e. The minimum atomic E-state index is -0.206. The molecule has 0 heterocycles. The monoisotopic (exact) mass is 340 g/mol. The van der Waals surface area contributed by atoms with Crippen molar-refractivity contribution in [3.63, 3.8) is 0 Å². The van der Waals surface area contributed by atoms with Crippen molar-refractivity contribution in [3.05, 3.63) is 63.6 Å². The van der Waals surface area contributed by atoms with Crippen LogP contribution in [0.3, 0.4) is 0 Å². The zero-order valence-electron chi connectivity index (χ0n) is 11.1. The number of nitrogens with one attached hydrogen (secondary N) is 1. The SMILES string of the molecule is NNC(=O)Cc1ccccc1CSc1ccc(Cl)c(Cl)c1. The summed E-state index contributed by atoms with van der Waals surface area (Å²) in [5.41, 5.74) is 4.21. The molecule has 0 radical (unpaired) electrons. The quantitative estimate of drug-likeness (QED) is 0.376. The second kappa shape index (κ2) is 7.71. The van der Waals surface area contributed by atoms with Gasteiger partial charge in [-0.15, -0.1) is 11.8 Å². The Hall–Kier alpha value is -1.20. The van der Waals surface area contributed by atoms with E-state index in [-0.39, 0.29) is 12.3 Å². The number of benzene rings is 2. The molecule has 3 N–H and O–H groups in total. The summed E-state index contributed by atoms with van der Waals surface area (Å²) < 4.78 is 0. The summed E-state index contributed by atoms with van der Waals surface area (Å²) in [6, 6.07) is 13.3. The number of rotatable bonds is 5. The lowest BCUT2D eigenvalue weighted by Gasteiger charge is -2.09. The van der Waals surface area contributed by atoms with E-state index >= 15 is 0 Å². The van der Waals surface area contributed by atoms with Crippen LogP contribution in [0.4, 0.5) is 0 Å². The van der Waals surface area contributed by atoms with E-state index in [2.05, 4.69) is 5.43 Å². The lowest BCUT2D eigenvalue weighted by Crippen LogP contribution is -2.31. The van der Waals surface area contributed by atoms with Gasteiger partial charge in [0.25, 0.3) is 0 Å². The van der Waals surface area contributed by atoms with Gasteiger partial charge in [-0.1, -0.05) is 47.5 Å². The predicted octanol–water partition coefficient (Wildman–Crippen LogP) is 3.82. The Kier molecular flexibility index (Phi) is 5.94. The molecule has 2 aromatic carbocycles. The predicted molar refractivity (Wildman–Crippen MR) is 88.5 cm³/mol. The van der Waals surface area contributed by atoms with Gasteiger partial charge in [0.05, 0.1) is 16.5 Å². The first-order chi connectivity index (χ1) is 10.1. The van der Waals surface area contributed by atoms with Gasteiger partial charge in [0, 0.05) is 10.6 Å². The summed E-state index contributed by atoms with van der Waals surface area (Å²) in [7, 11) is 0. The topological polar surface area (TPSA) is 55.1 Å². The van der Waals surface area contributed by atoms with Crippen molar-refractivity contribution in [2.75, 3.05) is 0 Å². The van der Waals surface area contributed by atoms with E-state index in [0.29, 0.717) is 10.0 Å². The first-order valence-electron chi connectivity index (χ1n) is 6.24. The van der Waals surface area contributed by atoms with Gasteiger partial charge in [-0.2, -0.15) is 0 Å². The molecule has 0 spiro atoms. The fourth-order valence-corrected chi connectivity index (χ4v) is 3.15. The minimum absolute atomic E-state index is 0.206. The summed E-state index contributed by atoms with van der Waals surface area (Å²) >= 11 is 13.5. The maximum absolute atomic E-state index is 11.4. The van der Waals surface area contributed by atoms with Gasteiger partial charge in [0.15, 0.2) is 0 Å². The van der Waals surface area contributed by atoms with Crippen molar-refractivity contribution in [3.8, 4) is 0 Å². The summed E-state index contributed by atoms with van der Waals surface area (Å²) in [6.07, 6.45) is 0.272. The van der Waals surface area contributed by atoms with E-state index in [4.69, 9.17) is 29.0 Å². The molecule has 1 amide bonds. The number of halogens is 2. The molecule has 2 aromatic rings. The van der Waals surface area contributed by atoms with Crippen LogP contribution in [0.2, 0.25) is 10.0 Å². The number of nitrogens with two attached hydrogens (primary N) is 1. The van der Waals surface area contributed by atoms with E-state index in [0.717, 1.165) is 21.8 Å². The molecule has 0 fully saturated rings. The summed E-state index contributed by atoms with van der Waals surface area (Å²) in [6.45, 7) is 0. The van der Waals surface area contributed by atoms with E-state index in [9.17, 15) is 4.79 Å². The third-order valence-electron chi connectivity index (χ3n) is 2.92. The highest BCUT2D eigenvalue weighted by atomic mass is 35.5. The first kappa shape index (κ1) is 16.2. The van der Waals surface area contributed by atoms with Gasteiger partial charge in [0.1, 0.15) is 0 Å². The highest BCUT2D eigenvalue weighted by Crippen LogP contribution is 2.30. The molecule has 0 aliphatic rings. The summed E-state index contributed by atoms with van der Waals surface area (Å²) in [5, 5.41) is 1.08. The molecule has 0 atom stereocenters. The third kappa shape index (κ3) is 4.64. The molecule has 3 nitrogen and oxygen atoms in total. The van der Waals surface area contributed by atoms with Crippen molar-refractivity contribution in [2.24, 2.45) is 5.84 Å². The smallest absolute Gasteiger partial charge is 0.238 e. The standard InChI is InChI=1S/C15H14Cl2N2OS/c16-13-6-5-12(8-14(13)17)21-9-11-4-2-1-3-10(11)7-15(20)19-18/h1-6,8H,7,9,18H2,(H,19,20). The third-order valence-corrected chi connectivity index (χ3v) is 4.70. The van der Waals surface area contributed by atoms with Crippen LogP contribution in [0, 0.1) is 0 Å². The Balaban J connectivity index is 2.09. The fraction of sp³-hybridized carbons (Fsp3) is 0.133. The molecule has 110 valence electrons. The largest absolute Gasteiger partial charge is 0.294 e. The lowest BCUT2D eigenvalue weighted by molar-refractivity contribution is -0.120. The van der Waals surface area contributed by atoms with Crippen LogP contribution < -0.4 is 11.3 Å². The molecule has 0 saturated heterocycles. The average Bonchev–Trinajstić information content (AvgIpc) is 2.49. The van der Waals surface area contributed by atoms with E-state index < -0.39 is 0 Å². The number of hydrogen-bond acceptors (Lipinski definition) is 3. The highest BCUT2D eigenvalue weighted by Gasteiger charge is 2.07. The second-order valence-corrected chi connectivity index (χ2v) is 6.24. The molecule has 0 bridgehead atoms.